The van der Waals surface area contributed by atoms with E-state index in [4.69, 9.17) is 0 Å². The fourth-order valence-corrected chi connectivity index (χ4v) is 4.33. The van der Waals surface area contributed by atoms with E-state index in [0.29, 0.717) is 24.8 Å². The van der Waals surface area contributed by atoms with Crippen LogP contribution in [0.3, 0.4) is 0 Å². The number of benzene rings is 2. The molecule has 0 saturated carbocycles. The van der Waals surface area contributed by atoms with Crippen LogP contribution in [0.2, 0.25) is 0 Å². The van der Waals surface area contributed by atoms with Crippen molar-refractivity contribution in [1.82, 2.24) is 20.9 Å². The molecule has 34 heavy (non-hydrogen) atoms. The number of H-pyrrole nitrogens is 1. The molecule has 4 N–H and O–H groups in total. The maximum Gasteiger partial charge on any atom is 0.254 e. The third-order valence-electron chi connectivity index (χ3n) is 6.18. The summed E-state index contributed by atoms with van der Waals surface area (Å²) in [6, 6.07) is 13.4. The zero-order valence-electron chi connectivity index (χ0n) is 19.0. The van der Waals surface area contributed by atoms with E-state index >= 15 is 0 Å². The highest BCUT2D eigenvalue weighted by Crippen LogP contribution is 2.20. The smallest absolute Gasteiger partial charge is 0.254 e. The van der Waals surface area contributed by atoms with E-state index in [1.54, 1.807) is 6.20 Å². The van der Waals surface area contributed by atoms with E-state index in [1.165, 1.54) is 0 Å². The van der Waals surface area contributed by atoms with Crippen LogP contribution in [-0.4, -0.2) is 47.6 Å². The Morgan fingerprint density at radius 2 is 1.94 bits per heavy atom. The number of carbonyl (C=O) groups is 4. The Balaban J connectivity index is 1.52. The molecule has 0 unspecified atom stereocenters. The number of hydrogen-bond donors (Lipinski definition) is 4. The lowest BCUT2D eigenvalue weighted by molar-refractivity contribution is -0.127. The summed E-state index contributed by atoms with van der Waals surface area (Å²) in [6.07, 6.45) is 3.39. The minimum atomic E-state index is -0.899. The molecule has 1 aromatic heterocycles. The second kappa shape index (κ2) is 10.3. The van der Waals surface area contributed by atoms with Crippen LogP contribution in [0.25, 0.3) is 10.9 Å². The van der Waals surface area contributed by atoms with Gasteiger partial charge in [-0.1, -0.05) is 42.0 Å². The molecule has 4 rings (SSSR count). The van der Waals surface area contributed by atoms with Gasteiger partial charge in [0.05, 0.1) is 11.6 Å². The summed E-state index contributed by atoms with van der Waals surface area (Å²) in [4.78, 5) is 53.0. The molecule has 3 aromatic rings. The van der Waals surface area contributed by atoms with Crippen LogP contribution < -0.4 is 16.0 Å². The van der Waals surface area contributed by atoms with E-state index in [2.05, 4.69) is 20.9 Å². The SMILES string of the molecule is Cc1ccc2[nH]cc(C(=O)N[C@@H](Cc3ccccc3)C(=O)N[C@H](C=O)C[C@@H]3CCNC3=O)c2c1. The van der Waals surface area contributed by atoms with E-state index in [9.17, 15) is 19.2 Å². The highest BCUT2D eigenvalue weighted by atomic mass is 16.2. The first-order valence-corrected chi connectivity index (χ1v) is 11.4. The standard InChI is InChI=1S/C26H28N4O4/c1-16-7-8-22-20(11-16)21(14-28-22)25(33)30-23(12-17-5-3-2-4-6-17)26(34)29-19(15-31)13-18-9-10-27-24(18)32/h2-8,11,14-15,18-19,23,28H,9-10,12-13H2,1H3,(H,27,32)(H,29,34)(H,30,33)/t18-,19-,23-/m0/s1. The summed E-state index contributed by atoms with van der Waals surface area (Å²) >= 11 is 0. The number of aldehydes is 1. The molecular weight excluding hydrogens is 432 g/mol. The Bertz CT molecular complexity index is 1200. The molecule has 0 spiro atoms. The van der Waals surface area contributed by atoms with E-state index in [0.717, 1.165) is 22.0 Å². The molecule has 2 heterocycles. The Morgan fingerprint density at radius 1 is 1.15 bits per heavy atom. The van der Waals surface area contributed by atoms with Gasteiger partial charge < -0.3 is 25.7 Å². The number of aryl methyl sites for hydroxylation is 1. The molecule has 0 bridgehead atoms. The van der Waals surface area contributed by atoms with Gasteiger partial charge in [-0.2, -0.15) is 0 Å². The maximum atomic E-state index is 13.2. The molecular formula is C26H28N4O4. The molecule has 8 heteroatoms. The molecule has 1 aliphatic rings. The Kier molecular flexibility index (Phi) is 7.06. The van der Waals surface area contributed by atoms with Crippen LogP contribution >= 0.6 is 0 Å². The zero-order chi connectivity index (χ0) is 24.1. The van der Waals surface area contributed by atoms with Gasteiger partial charge in [-0.15, -0.1) is 0 Å². The third-order valence-corrected chi connectivity index (χ3v) is 6.18. The number of hydrogen-bond acceptors (Lipinski definition) is 4. The van der Waals surface area contributed by atoms with Crippen molar-refractivity contribution in [2.75, 3.05) is 6.54 Å². The summed E-state index contributed by atoms with van der Waals surface area (Å²) in [5.41, 5.74) is 3.16. The first kappa shape index (κ1) is 23.2. The van der Waals surface area contributed by atoms with Crippen LogP contribution in [0.1, 0.15) is 34.3 Å². The van der Waals surface area contributed by atoms with Crippen molar-refractivity contribution in [3.63, 3.8) is 0 Å². The van der Waals surface area contributed by atoms with Crippen LogP contribution in [0.4, 0.5) is 0 Å². The number of aromatic nitrogens is 1. The molecule has 2 aromatic carbocycles. The summed E-state index contributed by atoms with van der Waals surface area (Å²) in [5, 5.41) is 9.08. The van der Waals surface area contributed by atoms with Crippen molar-refractivity contribution >= 4 is 34.9 Å². The molecule has 176 valence electrons. The normalized spacial score (nSPS) is 17.1. The van der Waals surface area contributed by atoms with E-state index in [-0.39, 0.29) is 30.6 Å². The molecule has 1 saturated heterocycles. The van der Waals surface area contributed by atoms with Gasteiger partial charge in [-0.05, 0) is 37.5 Å². The van der Waals surface area contributed by atoms with Gasteiger partial charge in [0.25, 0.3) is 5.91 Å². The van der Waals surface area contributed by atoms with Gasteiger partial charge in [-0.3, -0.25) is 14.4 Å². The average molecular weight is 461 g/mol. The van der Waals surface area contributed by atoms with Gasteiger partial charge in [0, 0.05) is 36.0 Å². The second-order valence-corrected chi connectivity index (χ2v) is 8.73. The monoisotopic (exact) mass is 460 g/mol. The highest BCUT2D eigenvalue weighted by Gasteiger charge is 2.30. The molecule has 3 amide bonds. The van der Waals surface area contributed by atoms with Crippen molar-refractivity contribution in [2.24, 2.45) is 5.92 Å². The molecule has 0 aliphatic carbocycles. The summed E-state index contributed by atoms with van der Waals surface area (Å²) < 4.78 is 0. The average Bonchev–Trinajstić information content (AvgIpc) is 3.44. The van der Waals surface area contributed by atoms with Crippen LogP contribution in [0.5, 0.6) is 0 Å². The number of fused-ring (bicyclic) bond motifs is 1. The molecule has 1 aliphatic heterocycles. The summed E-state index contributed by atoms with van der Waals surface area (Å²) in [7, 11) is 0. The van der Waals surface area contributed by atoms with Gasteiger partial charge in [0.1, 0.15) is 12.3 Å². The fraction of sp³-hybridized carbons (Fsp3) is 0.308. The third kappa shape index (κ3) is 5.33. The fourth-order valence-electron chi connectivity index (χ4n) is 4.33. The largest absolute Gasteiger partial charge is 0.360 e. The van der Waals surface area contributed by atoms with Crippen molar-refractivity contribution in [2.45, 2.75) is 38.3 Å². The molecule has 1 fully saturated rings. The highest BCUT2D eigenvalue weighted by molar-refractivity contribution is 6.08. The van der Waals surface area contributed by atoms with Gasteiger partial charge in [-0.25, -0.2) is 0 Å². The number of aromatic amines is 1. The lowest BCUT2D eigenvalue weighted by Gasteiger charge is -2.22. The summed E-state index contributed by atoms with van der Waals surface area (Å²) in [6.45, 7) is 2.52. The van der Waals surface area contributed by atoms with Crippen molar-refractivity contribution < 1.29 is 19.2 Å². The van der Waals surface area contributed by atoms with Crippen molar-refractivity contribution in [3.8, 4) is 0 Å². The lowest BCUT2D eigenvalue weighted by atomic mass is 9.98. The van der Waals surface area contributed by atoms with Gasteiger partial charge in [0.2, 0.25) is 11.8 Å². The predicted molar refractivity (Wildman–Crippen MR) is 128 cm³/mol. The predicted octanol–water partition coefficient (Wildman–Crippen LogP) is 2.03. The quantitative estimate of drug-likeness (QED) is 0.365. The van der Waals surface area contributed by atoms with E-state index in [1.807, 2.05) is 55.5 Å². The molecule has 8 nitrogen and oxygen atoms in total. The van der Waals surface area contributed by atoms with Crippen molar-refractivity contribution in [1.29, 1.82) is 0 Å². The minimum Gasteiger partial charge on any atom is -0.360 e. The van der Waals surface area contributed by atoms with Crippen molar-refractivity contribution in [3.05, 3.63) is 71.4 Å². The number of nitrogens with one attached hydrogen (secondary N) is 4. The summed E-state index contributed by atoms with van der Waals surface area (Å²) in [5.74, 6) is -1.27. The number of carbonyl (C=O) groups excluding carboxylic acids is 4. The molecule has 0 radical (unpaired) electrons. The van der Waals surface area contributed by atoms with Gasteiger partial charge in [0.15, 0.2) is 0 Å². The Morgan fingerprint density at radius 3 is 2.65 bits per heavy atom. The van der Waals surface area contributed by atoms with Crippen LogP contribution in [-0.2, 0) is 20.8 Å². The van der Waals surface area contributed by atoms with E-state index < -0.39 is 18.0 Å². The first-order chi connectivity index (χ1) is 16.4. The minimum absolute atomic E-state index is 0.107. The second-order valence-electron chi connectivity index (χ2n) is 8.73. The van der Waals surface area contributed by atoms with Crippen LogP contribution in [0, 0.1) is 12.8 Å². The first-order valence-electron chi connectivity index (χ1n) is 11.4. The molecule has 3 atom stereocenters. The maximum absolute atomic E-state index is 13.2. The van der Waals surface area contributed by atoms with Gasteiger partial charge >= 0.3 is 0 Å². The number of amides is 3. The zero-order valence-corrected chi connectivity index (χ0v) is 19.0. The van der Waals surface area contributed by atoms with Crippen LogP contribution in [0.15, 0.2) is 54.7 Å². The number of rotatable bonds is 9. The Hall–Kier alpha value is -3.94. The Labute approximate surface area is 197 Å². The lowest BCUT2D eigenvalue weighted by Crippen LogP contribution is -2.51. The topological polar surface area (TPSA) is 120 Å².